The monoisotopic (exact) mass is 250 g/mol. The number of carbonyl (C=O) groups is 1. The van der Waals surface area contributed by atoms with Crippen LogP contribution < -0.4 is 15.4 Å². The van der Waals surface area contributed by atoms with Crippen LogP contribution in [-0.4, -0.2) is 30.3 Å². The molecule has 5 nitrogen and oxygen atoms in total. The van der Waals surface area contributed by atoms with E-state index >= 15 is 0 Å². The largest absolute Gasteiger partial charge is 0.479 e. The number of anilines is 2. The van der Waals surface area contributed by atoms with Crippen LogP contribution in [0, 0.1) is 0 Å². The number of unbranched alkanes of at least 4 members (excludes halogenated alkanes) is 1. The molecule has 0 radical (unpaired) electrons. The van der Waals surface area contributed by atoms with Gasteiger partial charge in [0.2, 0.25) is 0 Å². The number of ether oxygens (including phenoxy) is 1. The predicted molar refractivity (Wildman–Crippen MR) is 70.0 cm³/mol. The molecule has 1 heterocycles. The average Bonchev–Trinajstić information content (AvgIpc) is 2.36. The first-order chi connectivity index (χ1) is 8.70. The van der Waals surface area contributed by atoms with E-state index in [1.54, 1.807) is 6.92 Å². The van der Waals surface area contributed by atoms with Gasteiger partial charge in [0, 0.05) is 18.8 Å². The number of hydrogen-bond donors (Lipinski definition) is 3. The molecule has 3 N–H and O–H groups in total. The molecular weight excluding hydrogens is 232 g/mol. The molecule has 98 valence electrons. The van der Waals surface area contributed by atoms with Gasteiger partial charge in [0.25, 0.3) is 5.91 Å². The van der Waals surface area contributed by atoms with Gasteiger partial charge in [-0.05, 0) is 38.0 Å². The highest BCUT2D eigenvalue weighted by atomic mass is 16.5. The molecule has 1 unspecified atom stereocenters. The summed E-state index contributed by atoms with van der Waals surface area (Å²) < 4.78 is 5.47. The van der Waals surface area contributed by atoms with E-state index in [1.807, 2.05) is 18.2 Å². The molecule has 0 bridgehead atoms. The number of nitrogens with one attached hydrogen (secondary N) is 2. The molecule has 0 spiro atoms. The van der Waals surface area contributed by atoms with Gasteiger partial charge in [-0.15, -0.1) is 0 Å². The Morgan fingerprint density at radius 1 is 1.44 bits per heavy atom. The van der Waals surface area contributed by atoms with Gasteiger partial charge < -0.3 is 20.5 Å². The Kier molecular flexibility index (Phi) is 4.04. The number of rotatable bonds is 5. The first-order valence-electron chi connectivity index (χ1n) is 6.17. The molecule has 1 aliphatic heterocycles. The second-order valence-electron chi connectivity index (χ2n) is 4.32. The number of aliphatic hydroxyl groups excluding tert-OH is 1. The van der Waals surface area contributed by atoms with Crippen molar-refractivity contribution >= 4 is 17.3 Å². The van der Waals surface area contributed by atoms with Gasteiger partial charge in [-0.1, -0.05) is 0 Å². The quantitative estimate of drug-likeness (QED) is 0.694. The first-order valence-corrected chi connectivity index (χ1v) is 6.17. The van der Waals surface area contributed by atoms with E-state index in [2.05, 4.69) is 10.6 Å². The fraction of sp³-hybridized carbons (Fsp3) is 0.462. The standard InChI is InChI=1S/C13H18N2O3/c1-9-13(17)15-11-8-10(4-5-12(11)18-9)14-6-2-3-7-16/h4-5,8-9,14,16H,2-3,6-7H2,1H3,(H,15,17). The topological polar surface area (TPSA) is 70.6 Å². The Morgan fingerprint density at radius 3 is 3.06 bits per heavy atom. The van der Waals surface area contributed by atoms with Crippen LogP contribution >= 0.6 is 0 Å². The van der Waals surface area contributed by atoms with Crippen LogP contribution in [0.2, 0.25) is 0 Å². The molecule has 0 saturated heterocycles. The number of hydrogen-bond acceptors (Lipinski definition) is 4. The fourth-order valence-electron chi connectivity index (χ4n) is 1.79. The molecule has 1 atom stereocenters. The summed E-state index contributed by atoms with van der Waals surface area (Å²) in [4.78, 5) is 11.5. The van der Waals surface area contributed by atoms with Crippen molar-refractivity contribution in [2.75, 3.05) is 23.8 Å². The van der Waals surface area contributed by atoms with E-state index in [1.165, 1.54) is 0 Å². The molecule has 0 aliphatic carbocycles. The SMILES string of the molecule is CC1Oc2ccc(NCCCCO)cc2NC1=O. The number of aliphatic hydroxyl groups is 1. The third-order valence-electron chi connectivity index (χ3n) is 2.82. The van der Waals surface area contributed by atoms with Crippen molar-refractivity contribution in [1.29, 1.82) is 0 Å². The number of carbonyl (C=O) groups excluding carboxylic acids is 1. The zero-order valence-electron chi connectivity index (χ0n) is 10.4. The molecule has 0 saturated carbocycles. The zero-order chi connectivity index (χ0) is 13.0. The Balaban J connectivity index is 1.99. The minimum absolute atomic E-state index is 0.125. The summed E-state index contributed by atoms with van der Waals surface area (Å²) in [6, 6.07) is 5.62. The molecule has 1 aliphatic rings. The van der Waals surface area contributed by atoms with Gasteiger partial charge >= 0.3 is 0 Å². The summed E-state index contributed by atoms with van der Waals surface area (Å²) in [5.41, 5.74) is 1.63. The molecule has 1 aromatic rings. The van der Waals surface area contributed by atoms with Crippen molar-refractivity contribution in [3.05, 3.63) is 18.2 Å². The van der Waals surface area contributed by atoms with Crippen molar-refractivity contribution in [2.24, 2.45) is 0 Å². The summed E-state index contributed by atoms with van der Waals surface area (Å²) in [5, 5.41) is 14.7. The minimum atomic E-state index is -0.444. The highest BCUT2D eigenvalue weighted by molar-refractivity contribution is 5.98. The predicted octanol–water partition coefficient (Wildman–Crippen LogP) is 1.59. The van der Waals surface area contributed by atoms with E-state index in [9.17, 15) is 4.79 Å². The van der Waals surface area contributed by atoms with E-state index in [0.29, 0.717) is 11.4 Å². The summed E-state index contributed by atoms with van der Waals surface area (Å²) >= 11 is 0. The second-order valence-corrected chi connectivity index (χ2v) is 4.32. The third-order valence-corrected chi connectivity index (χ3v) is 2.82. The summed E-state index contributed by atoms with van der Waals surface area (Å²) in [6.45, 7) is 2.73. The van der Waals surface area contributed by atoms with Gasteiger partial charge in [0.1, 0.15) is 5.75 Å². The minimum Gasteiger partial charge on any atom is -0.479 e. The highest BCUT2D eigenvalue weighted by Gasteiger charge is 2.23. The molecular formula is C13H18N2O3. The highest BCUT2D eigenvalue weighted by Crippen LogP contribution is 2.32. The summed E-state index contributed by atoms with van der Waals surface area (Å²) in [5.74, 6) is 0.572. The van der Waals surface area contributed by atoms with Gasteiger partial charge in [-0.3, -0.25) is 4.79 Å². The Morgan fingerprint density at radius 2 is 2.28 bits per heavy atom. The molecule has 5 heteroatoms. The van der Waals surface area contributed by atoms with Gasteiger partial charge in [-0.25, -0.2) is 0 Å². The number of fused-ring (bicyclic) bond motifs is 1. The lowest BCUT2D eigenvalue weighted by Crippen LogP contribution is -2.34. The lowest BCUT2D eigenvalue weighted by atomic mass is 10.2. The second kappa shape index (κ2) is 5.73. The van der Waals surface area contributed by atoms with E-state index in [0.717, 1.165) is 25.1 Å². The maximum atomic E-state index is 11.5. The van der Waals surface area contributed by atoms with Crippen LogP contribution in [0.15, 0.2) is 18.2 Å². The molecule has 18 heavy (non-hydrogen) atoms. The van der Waals surface area contributed by atoms with Gasteiger partial charge in [0.15, 0.2) is 6.10 Å². The average molecular weight is 250 g/mol. The maximum absolute atomic E-state index is 11.5. The van der Waals surface area contributed by atoms with Crippen molar-refractivity contribution < 1.29 is 14.6 Å². The van der Waals surface area contributed by atoms with Crippen molar-refractivity contribution in [3.63, 3.8) is 0 Å². The van der Waals surface area contributed by atoms with Crippen molar-refractivity contribution in [2.45, 2.75) is 25.9 Å². The molecule has 1 aromatic carbocycles. The summed E-state index contributed by atoms with van der Waals surface area (Å²) in [7, 11) is 0. The smallest absolute Gasteiger partial charge is 0.265 e. The van der Waals surface area contributed by atoms with Crippen molar-refractivity contribution in [3.8, 4) is 5.75 Å². The fourth-order valence-corrected chi connectivity index (χ4v) is 1.79. The van der Waals surface area contributed by atoms with Crippen LogP contribution in [0.3, 0.4) is 0 Å². The van der Waals surface area contributed by atoms with Gasteiger partial charge in [0.05, 0.1) is 5.69 Å². The van der Waals surface area contributed by atoms with Gasteiger partial charge in [-0.2, -0.15) is 0 Å². The Labute approximate surface area is 106 Å². The third kappa shape index (κ3) is 2.92. The summed E-state index contributed by atoms with van der Waals surface area (Å²) in [6.07, 6.45) is 1.25. The van der Waals surface area contributed by atoms with E-state index < -0.39 is 6.10 Å². The molecule has 0 fully saturated rings. The van der Waals surface area contributed by atoms with Crippen LogP contribution in [0.4, 0.5) is 11.4 Å². The maximum Gasteiger partial charge on any atom is 0.265 e. The molecule has 0 aromatic heterocycles. The van der Waals surface area contributed by atoms with Crippen LogP contribution in [0.1, 0.15) is 19.8 Å². The van der Waals surface area contributed by atoms with E-state index in [4.69, 9.17) is 9.84 Å². The first kappa shape index (κ1) is 12.7. The van der Waals surface area contributed by atoms with E-state index in [-0.39, 0.29) is 12.5 Å². The Hall–Kier alpha value is -1.75. The van der Waals surface area contributed by atoms with Crippen LogP contribution in [-0.2, 0) is 4.79 Å². The zero-order valence-corrected chi connectivity index (χ0v) is 10.4. The number of benzene rings is 1. The lowest BCUT2D eigenvalue weighted by Gasteiger charge is -2.23. The van der Waals surface area contributed by atoms with Crippen molar-refractivity contribution in [1.82, 2.24) is 0 Å². The number of amides is 1. The van der Waals surface area contributed by atoms with Crippen LogP contribution in [0.25, 0.3) is 0 Å². The normalized spacial score (nSPS) is 17.7. The Bertz CT molecular complexity index is 434. The van der Waals surface area contributed by atoms with Crippen LogP contribution in [0.5, 0.6) is 5.75 Å². The molecule has 2 rings (SSSR count). The molecule has 1 amide bonds. The lowest BCUT2D eigenvalue weighted by molar-refractivity contribution is -0.122.